The molecule has 0 fully saturated rings. The van der Waals surface area contributed by atoms with Gasteiger partial charge in [0.05, 0.1) is 23.6 Å². The fraction of sp³-hybridized carbons (Fsp3) is 0.200. The molecule has 0 amide bonds. The molecule has 0 radical (unpaired) electrons. The zero-order valence-corrected chi connectivity index (χ0v) is 41.0. The molecule has 332 valence electrons. The minimum Gasteiger partial charge on any atom is -0.510 e. The summed E-state index contributed by atoms with van der Waals surface area (Å²) in [4.78, 5) is 4.90. The van der Waals surface area contributed by atoms with Crippen molar-refractivity contribution in [2.75, 3.05) is 0 Å². The fourth-order valence-corrected chi connectivity index (χ4v) is 8.64. The molecular weight excluding hydrogens is 988 g/mol. The first-order chi connectivity index (χ1) is 33.2. The van der Waals surface area contributed by atoms with Crippen molar-refractivity contribution in [2.24, 2.45) is 0 Å². The molecule has 0 saturated heterocycles. The third kappa shape index (κ3) is 8.31. The van der Waals surface area contributed by atoms with Crippen LogP contribution in [0, 0.1) is 18.5 Å². The maximum absolute atomic E-state index is 9.18. The summed E-state index contributed by atoms with van der Waals surface area (Å²) in [7, 11) is 0. The number of aromatic nitrogens is 4. The van der Waals surface area contributed by atoms with E-state index in [0.29, 0.717) is 28.4 Å². The Morgan fingerprint density at radius 2 is 1.32 bits per heavy atom. The third-order valence-electron chi connectivity index (χ3n) is 12.2. The fourth-order valence-electron chi connectivity index (χ4n) is 8.64. The average Bonchev–Trinajstić information content (AvgIpc) is 3.87. The Bertz CT molecular complexity index is 3680. The van der Waals surface area contributed by atoms with E-state index in [0.717, 1.165) is 60.9 Å². The van der Waals surface area contributed by atoms with Gasteiger partial charge in [-0.05, 0) is 84.5 Å². The Hall–Kier alpha value is -6.55. The normalized spacial score (nSPS) is 13.3. The second kappa shape index (κ2) is 17.0. The first-order valence-corrected chi connectivity index (χ1v) is 22.1. The molecule has 0 unspecified atom stereocenters. The molecule has 7 aromatic carbocycles. The minimum atomic E-state index is -0.443. The number of imidazole rings is 1. The van der Waals surface area contributed by atoms with Gasteiger partial charge in [0.1, 0.15) is 5.82 Å². The van der Waals surface area contributed by atoms with Crippen LogP contribution in [-0.2, 0) is 37.3 Å². The maximum atomic E-state index is 9.18. The van der Waals surface area contributed by atoms with Crippen molar-refractivity contribution in [1.82, 2.24) is 14.1 Å². The van der Waals surface area contributed by atoms with E-state index < -0.39 is 11.5 Å². The van der Waals surface area contributed by atoms with Gasteiger partial charge in [0.25, 0.3) is 6.33 Å². The van der Waals surface area contributed by atoms with Crippen LogP contribution in [-0.4, -0.2) is 14.1 Å². The second-order valence-corrected chi connectivity index (χ2v) is 19.9. The molecule has 3 heterocycles. The quantitative estimate of drug-likeness (QED) is 0.118. The number of hydrogen-bond acceptors (Lipinski definition) is 2. The Kier molecular flexibility index (Phi) is 9.98. The van der Waals surface area contributed by atoms with E-state index in [9.17, 15) is 2.74 Å². The molecule has 3 aromatic heterocycles. The van der Waals surface area contributed by atoms with Gasteiger partial charge in [0.15, 0.2) is 0 Å². The van der Waals surface area contributed by atoms with Crippen molar-refractivity contribution in [2.45, 2.75) is 78.6 Å². The summed E-state index contributed by atoms with van der Waals surface area (Å²) >= 11 is 0. The molecule has 0 aliphatic carbocycles. The number of ether oxygens (including phenoxy) is 1. The van der Waals surface area contributed by atoms with Gasteiger partial charge in [0, 0.05) is 44.3 Å². The van der Waals surface area contributed by atoms with Crippen LogP contribution in [0.5, 0.6) is 11.5 Å². The Labute approximate surface area is 410 Å². The molecule has 0 spiro atoms. The number of fused-ring (bicyclic) bond motifs is 4. The smallest absolute Gasteiger partial charge is 0.268 e. The standard InChI is InChI=1S/C60H54N4O.Pt/c1-58(2,3)43-31-32-61-56(36-43)64-52-30-27-42(40-19-12-10-13-20-40)33-50(52)48-29-28-47(38-55(48)64)65-46-24-18-23-45(37-46)62-39-63(54-26-17-16-25-53(54)62)57-49(41-21-14-11-15-22-41)34-44(59(4,5)6)35-51(57)60(7,8)9;/h10-36H,1-9H3;/q-2;/i11D,14D,15D,21D,22D;. The molecule has 0 atom stereocenters. The van der Waals surface area contributed by atoms with E-state index in [-0.39, 0.29) is 61.6 Å². The van der Waals surface area contributed by atoms with Gasteiger partial charge < -0.3 is 13.9 Å². The topological polar surface area (TPSA) is 35.9 Å². The van der Waals surface area contributed by atoms with Gasteiger partial charge >= 0.3 is 0 Å². The summed E-state index contributed by atoms with van der Waals surface area (Å²) in [5, 5.41) is 2.10. The van der Waals surface area contributed by atoms with Gasteiger partial charge in [-0.25, -0.2) is 4.98 Å². The van der Waals surface area contributed by atoms with Crippen LogP contribution in [0.1, 0.15) is 85.9 Å². The number of para-hydroxylation sites is 2. The van der Waals surface area contributed by atoms with Crippen molar-refractivity contribution in [3.63, 3.8) is 0 Å². The maximum Gasteiger partial charge on any atom is 0.268 e. The van der Waals surface area contributed by atoms with Crippen molar-refractivity contribution < 1.29 is 37.2 Å². The minimum absolute atomic E-state index is 0. The van der Waals surface area contributed by atoms with Crippen LogP contribution in [0.4, 0.5) is 0 Å². The summed E-state index contributed by atoms with van der Waals surface area (Å²) in [5.41, 5.74) is 9.96. The van der Waals surface area contributed by atoms with Crippen LogP contribution in [0.3, 0.4) is 0 Å². The zero-order valence-electron chi connectivity index (χ0n) is 43.7. The summed E-state index contributed by atoms with van der Waals surface area (Å²) in [6, 6.07) is 48.5. The number of nitrogens with zero attached hydrogens (tertiary/aromatic N) is 4. The summed E-state index contributed by atoms with van der Waals surface area (Å²) in [6.07, 6.45) is 5.52. The number of benzene rings is 7. The van der Waals surface area contributed by atoms with E-state index in [2.05, 4.69) is 152 Å². The van der Waals surface area contributed by atoms with Gasteiger partial charge in [-0.2, -0.15) is 18.2 Å². The van der Waals surface area contributed by atoms with Crippen LogP contribution in [0.25, 0.3) is 72.3 Å². The zero-order chi connectivity index (χ0) is 49.6. The molecule has 6 heteroatoms. The Balaban J connectivity index is 0.00000624. The van der Waals surface area contributed by atoms with Gasteiger partial charge in [-0.15, -0.1) is 29.7 Å². The van der Waals surface area contributed by atoms with Gasteiger partial charge in [0.2, 0.25) is 0 Å². The van der Waals surface area contributed by atoms with Crippen molar-refractivity contribution >= 4 is 32.8 Å². The van der Waals surface area contributed by atoms with Crippen molar-refractivity contribution in [1.29, 1.82) is 0 Å². The largest absolute Gasteiger partial charge is 0.510 e. The molecule has 0 saturated carbocycles. The predicted octanol–water partition coefficient (Wildman–Crippen LogP) is 14.8. The van der Waals surface area contributed by atoms with Crippen LogP contribution in [0.15, 0.2) is 164 Å². The predicted molar refractivity (Wildman–Crippen MR) is 267 cm³/mol. The molecule has 10 aromatic rings. The number of hydrogen-bond donors (Lipinski definition) is 0. The molecule has 10 rings (SSSR count). The first kappa shape index (κ1) is 38.7. The molecule has 0 N–H and O–H groups in total. The molecule has 5 nitrogen and oxygen atoms in total. The average molecular weight is 1050 g/mol. The SMILES string of the molecule is [2H]c1c([2H])c([2H])c(-c2cc(C(C)(C)C)cc(C(C)(C)C)c2-[n+]2[c-]n(-c3[c-]c(Oc4[c-]c5c(cc4)c4cc(-c6ccccc6)ccc4n5-c4cc(C(C)(C)C)ccn4)ccc3)c3ccccc32)c([2H])c1[2H].[Pt]. The molecule has 66 heavy (non-hydrogen) atoms. The van der Waals surface area contributed by atoms with E-state index in [1.54, 1.807) is 0 Å². The van der Waals surface area contributed by atoms with Crippen LogP contribution >= 0.6 is 0 Å². The van der Waals surface area contributed by atoms with Crippen LogP contribution in [0.2, 0.25) is 0 Å². The van der Waals surface area contributed by atoms with E-state index in [1.807, 2.05) is 76.0 Å². The summed E-state index contributed by atoms with van der Waals surface area (Å²) in [5.74, 6) is 1.77. The van der Waals surface area contributed by atoms with E-state index in [4.69, 9.17) is 13.8 Å². The molecule has 0 aliphatic heterocycles. The number of rotatable bonds is 7. The van der Waals surface area contributed by atoms with Gasteiger partial charge in [-0.1, -0.05) is 177 Å². The van der Waals surface area contributed by atoms with Crippen molar-refractivity contribution in [3.05, 3.63) is 199 Å². The first-order valence-electron chi connectivity index (χ1n) is 24.6. The molecular formula is C60H54N4OPt-2. The second-order valence-electron chi connectivity index (χ2n) is 19.9. The number of pyridine rings is 1. The Morgan fingerprint density at radius 3 is 2.06 bits per heavy atom. The summed E-state index contributed by atoms with van der Waals surface area (Å²) < 4.78 is 56.9. The van der Waals surface area contributed by atoms with Crippen molar-refractivity contribution in [3.8, 4) is 50.9 Å². The van der Waals surface area contributed by atoms with E-state index in [1.165, 1.54) is 5.56 Å². The molecule has 0 aliphatic rings. The monoisotopic (exact) mass is 1050 g/mol. The Morgan fingerprint density at radius 1 is 0.591 bits per heavy atom. The summed E-state index contributed by atoms with van der Waals surface area (Å²) in [6.45, 7) is 19.4. The third-order valence-corrected chi connectivity index (χ3v) is 12.2. The molecule has 0 bridgehead atoms. The van der Waals surface area contributed by atoms with Gasteiger partial charge in [-0.3, -0.25) is 4.57 Å². The van der Waals surface area contributed by atoms with Crippen LogP contribution < -0.4 is 9.30 Å². The van der Waals surface area contributed by atoms with E-state index >= 15 is 0 Å².